The fourth-order valence-corrected chi connectivity index (χ4v) is 1.34. The number of aromatic nitrogens is 2. The normalized spacial score (nSPS) is 12.4. The number of nitrogens with zero attached hydrogens (tertiary/aromatic N) is 3. The van der Waals surface area contributed by atoms with E-state index in [4.69, 9.17) is 0 Å². The average molecular weight is 224 g/mol. The van der Waals surface area contributed by atoms with E-state index in [0.29, 0.717) is 0 Å². The summed E-state index contributed by atoms with van der Waals surface area (Å²) >= 11 is 0. The van der Waals surface area contributed by atoms with Gasteiger partial charge in [-0.05, 0) is 34.9 Å². The van der Waals surface area contributed by atoms with Crippen LogP contribution in [0, 0.1) is 0 Å². The van der Waals surface area contributed by atoms with Crippen LogP contribution >= 0.6 is 0 Å². The standard InChI is InChI=1S/C12H24N4/c1-6-16-9-11(8-14-16)7-13-10-12(2,3)15(4)5/h8-9,13H,6-7,10H2,1-5H3. The summed E-state index contributed by atoms with van der Waals surface area (Å²) in [5.41, 5.74) is 1.43. The van der Waals surface area contributed by atoms with Crippen LogP contribution in [-0.2, 0) is 13.1 Å². The van der Waals surface area contributed by atoms with Crippen molar-refractivity contribution in [2.45, 2.75) is 39.4 Å². The summed E-state index contributed by atoms with van der Waals surface area (Å²) in [7, 11) is 4.22. The molecule has 0 bridgehead atoms. The van der Waals surface area contributed by atoms with Crippen LogP contribution in [0.1, 0.15) is 26.3 Å². The summed E-state index contributed by atoms with van der Waals surface area (Å²) in [4.78, 5) is 2.23. The molecule has 0 atom stereocenters. The molecular weight excluding hydrogens is 200 g/mol. The molecule has 0 saturated heterocycles. The van der Waals surface area contributed by atoms with Gasteiger partial charge in [-0.25, -0.2) is 0 Å². The van der Waals surface area contributed by atoms with Gasteiger partial charge in [0.15, 0.2) is 0 Å². The van der Waals surface area contributed by atoms with Gasteiger partial charge in [0.1, 0.15) is 0 Å². The van der Waals surface area contributed by atoms with E-state index in [1.54, 1.807) is 0 Å². The van der Waals surface area contributed by atoms with Crippen molar-refractivity contribution in [3.8, 4) is 0 Å². The van der Waals surface area contributed by atoms with Gasteiger partial charge in [-0.3, -0.25) is 4.68 Å². The molecule has 0 fully saturated rings. The van der Waals surface area contributed by atoms with E-state index in [0.717, 1.165) is 19.6 Å². The van der Waals surface area contributed by atoms with Crippen LogP contribution in [0.5, 0.6) is 0 Å². The molecule has 4 nitrogen and oxygen atoms in total. The van der Waals surface area contributed by atoms with Crippen LogP contribution in [0.25, 0.3) is 0 Å². The molecule has 1 N–H and O–H groups in total. The maximum atomic E-state index is 4.25. The second kappa shape index (κ2) is 5.46. The number of nitrogens with one attached hydrogen (secondary N) is 1. The molecule has 16 heavy (non-hydrogen) atoms. The molecule has 0 aromatic carbocycles. The molecule has 0 saturated carbocycles. The molecule has 1 rings (SSSR count). The lowest BCUT2D eigenvalue weighted by Crippen LogP contribution is -2.46. The Labute approximate surface area is 98.6 Å². The Morgan fingerprint density at radius 3 is 2.62 bits per heavy atom. The first-order chi connectivity index (χ1) is 7.45. The van der Waals surface area contributed by atoms with E-state index in [2.05, 4.69) is 56.4 Å². The third kappa shape index (κ3) is 3.61. The quantitative estimate of drug-likeness (QED) is 0.791. The molecule has 4 heteroatoms. The van der Waals surface area contributed by atoms with Gasteiger partial charge in [-0.15, -0.1) is 0 Å². The minimum atomic E-state index is 0.181. The molecule has 0 amide bonds. The van der Waals surface area contributed by atoms with E-state index >= 15 is 0 Å². The maximum absolute atomic E-state index is 4.25. The van der Waals surface area contributed by atoms with Crippen molar-refractivity contribution in [1.82, 2.24) is 20.0 Å². The largest absolute Gasteiger partial charge is 0.311 e. The van der Waals surface area contributed by atoms with E-state index in [-0.39, 0.29) is 5.54 Å². The molecule has 0 aliphatic rings. The zero-order chi connectivity index (χ0) is 12.2. The summed E-state index contributed by atoms with van der Waals surface area (Å²) < 4.78 is 1.95. The Balaban J connectivity index is 2.35. The van der Waals surface area contributed by atoms with Crippen molar-refractivity contribution in [3.05, 3.63) is 18.0 Å². The number of aryl methyl sites for hydroxylation is 1. The molecule has 0 aliphatic heterocycles. The lowest BCUT2D eigenvalue weighted by Gasteiger charge is -2.32. The summed E-state index contributed by atoms with van der Waals surface area (Å²) in [6, 6.07) is 0. The number of hydrogen-bond acceptors (Lipinski definition) is 3. The molecule has 0 unspecified atom stereocenters. The first kappa shape index (κ1) is 13.2. The summed E-state index contributed by atoms with van der Waals surface area (Å²) in [6.07, 6.45) is 4.02. The van der Waals surface area contributed by atoms with Crippen molar-refractivity contribution in [2.75, 3.05) is 20.6 Å². The lowest BCUT2D eigenvalue weighted by atomic mass is 10.0. The van der Waals surface area contributed by atoms with Gasteiger partial charge < -0.3 is 10.2 Å². The third-order valence-electron chi connectivity index (χ3n) is 3.11. The third-order valence-corrected chi connectivity index (χ3v) is 3.11. The Kier molecular flexibility index (Phi) is 4.50. The highest BCUT2D eigenvalue weighted by Crippen LogP contribution is 2.08. The summed E-state index contributed by atoms with van der Waals surface area (Å²) in [5.74, 6) is 0. The van der Waals surface area contributed by atoms with Gasteiger partial charge in [0.2, 0.25) is 0 Å². The van der Waals surface area contributed by atoms with Gasteiger partial charge in [-0.2, -0.15) is 5.10 Å². The van der Waals surface area contributed by atoms with Gasteiger partial charge >= 0.3 is 0 Å². The van der Waals surface area contributed by atoms with Crippen molar-refractivity contribution in [3.63, 3.8) is 0 Å². The molecule has 1 aromatic heterocycles. The first-order valence-corrected chi connectivity index (χ1v) is 5.85. The van der Waals surface area contributed by atoms with Gasteiger partial charge in [0, 0.05) is 36.9 Å². The monoisotopic (exact) mass is 224 g/mol. The van der Waals surface area contributed by atoms with Crippen molar-refractivity contribution in [1.29, 1.82) is 0 Å². The number of rotatable bonds is 6. The fourth-order valence-electron chi connectivity index (χ4n) is 1.34. The van der Waals surface area contributed by atoms with E-state index in [1.165, 1.54) is 5.56 Å². The Bertz CT molecular complexity index is 315. The van der Waals surface area contributed by atoms with Crippen molar-refractivity contribution < 1.29 is 0 Å². The van der Waals surface area contributed by atoms with E-state index < -0.39 is 0 Å². The van der Waals surface area contributed by atoms with Crippen molar-refractivity contribution in [2.24, 2.45) is 0 Å². The van der Waals surface area contributed by atoms with Gasteiger partial charge in [0.25, 0.3) is 0 Å². The second-order valence-corrected chi connectivity index (χ2v) is 5.01. The number of hydrogen-bond donors (Lipinski definition) is 1. The molecular formula is C12H24N4. The first-order valence-electron chi connectivity index (χ1n) is 5.85. The topological polar surface area (TPSA) is 33.1 Å². The zero-order valence-corrected chi connectivity index (χ0v) is 11.1. The SMILES string of the molecule is CCn1cc(CNCC(C)(C)N(C)C)cn1. The van der Waals surface area contributed by atoms with Crippen LogP contribution in [-0.4, -0.2) is 40.9 Å². The predicted octanol–water partition coefficient (Wildman–Crippen LogP) is 1.33. The Morgan fingerprint density at radius 1 is 1.44 bits per heavy atom. The molecule has 0 spiro atoms. The number of likely N-dealkylation sites (N-methyl/N-ethyl adjacent to an activating group) is 1. The second-order valence-electron chi connectivity index (χ2n) is 5.01. The summed E-state index contributed by atoms with van der Waals surface area (Å²) in [5, 5.41) is 7.72. The minimum absolute atomic E-state index is 0.181. The minimum Gasteiger partial charge on any atom is -0.311 e. The van der Waals surface area contributed by atoms with Gasteiger partial charge in [0.05, 0.1) is 6.20 Å². The smallest absolute Gasteiger partial charge is 0.0534 e. The highest BCUT2D eigenvalue weighted by molar-refractivity contribution is 5.03. The average Bonchev–Trinajstić information content (AvgIpc) is 2.65. The van der Waals surface area contributed by atoms with Crippen molar-refractivity contribution >= 4 is 0 Å². The Morgan fingerprint density at radius 2 is 2.12 bits per heavy atom. The van der Waals surface area contributed by atoms with Crippen LogP contribution in [0.15, 0.2) is 12.4 Å². The molecule has 0 radical (unpaired) electrons. The van der Waals surface area contributed by atoms with Crippen LogP contribution in [0.2, 0.25) is 0 Å². The molecule has 1 heterocycles. The zero-order valence-electron chi connectivity index (χ0n) is 11.1. The van der Waals surface area contributed by atoms with E-state index in [9.17, 15) is 0 Å². The maximum Gasteiger partial charge on any atom is 0.0534 e. The lowest BCUT2D eigenvalue weighted by molar-refractivity contribution is 0.190. The Hall–Kier alpha value is -0.870. The summed E-state index contributed by atoms with van der Waals surface area (Å²) in [6.45, 7) is 9.35. The van der Waals surface area contributed by atoms with Crippen LogP contribution < -0.4 is 5.32 Å². The highest BCUT2D eigenvalue weighted by atomic mass is 15.3. The van der Waals surface area contributed by atoms with Gasteiger partial charge in [-0.1, -0.05) is 0 Å². The predicted molar refractivity (Wildman–Crippen MR) is 67.4 cm³/mol. The molecule has 0 aliphatic carbocycles. The van der Waals surface area contributed by atoms with Crippen LogP contribution in [0.4, 0.5) is 0 Å². The van der Waals surface area contributed by atoms with Crippen LogP contribution in [0.3, 0.4) is 0 Å². The fraction of sp³-hybridized carbons (Fsp3) is 0.750. The molecule has 1 aromatic rings. The highest BCUT2D eigenvalue weighted by Gasteiger charge is 2.19. The molecule has 92 valence electrons. The van der Waals surface area contributed by atoms with E-state index in [1.807, 2.05) is 10.9 Å².